The van der Waals surface area contributed by atoms with E-state index in [9.17, 15) is 5.11 Å². The van der Waals surface area contributed by atoms with Crippen LogP contribution in [0.3, 0.4) is 0 Å². The number of aromatic nitrogens is 1. The Morgan fingerprint density at radius 3 is 2.19 bits per heavy atom. The molecule has 0 amide bonds. The van der Waals surface area contributed by atoms with Gasteiger partial charge in [-0.15, -0.1) is 11.3 Å². The number of rotatable bonds is 4. The second-order valence-corrected chi connectivity index (χ2v) is 6.65. The maximum Gasteiger partial charge on any atom is 0.124 e. The van der Waals surface area contributed by atoms with Gasteiger partial charge < -0.3 is 9.84 Å². The summed E-state index contributed by atoms with van der Waals surface area (Å²) in [4.78, 5) is 4.68. The zero-order valence-electron chi connectivity index (χ0n) is 14.0. The summed E-state index contributed by atoms with van der Waals surface area (Å²) in [6.45, 7) is 0. The van der Waals surface area contributed by atoms with Gasteiger partial charge in [0, 0.05) is 5.56 Å². The molecule has 0 aliphatic heterocycles. The van der Waals surface area contributed by atoms with Crippen molar-refractivity contribution in [3.05, 3.63) is 66.7 Å². The summed E-state index contributed by atoms with van der Waals surface area (Å²) in [7, 11) is 1.66. The molecule has 128 valence electrons. The topological polar surface area (TPSA) is 67.1 Å². The van der Waals surface area contributed by atoms with Crippen LogP contribution in [0.15, 0.2) is 77.0 Å². The number of fused-ring (bicyclic) bond motifs is 1. The number of hydrogen-bond donors (Lipinski definition) is 1. The monoisotopic (exact) mass is 361 g/mol. The highest BCUT2D eigenvalue weighted by molar-refractivity contribution is 7.21. The van der Waals surface area contributed by atoms with E-state index in [-0.39, 0.29) is 5.75 Å². The van der Waals surface area contributed by atoms with E-state index in [1.165, 1.54) is 0 Å². The van der Waals surface area contributed by atoms with Crippen LogP contribution in [-0.2, 0) is 0 Å². The molecular formula is C20H15N3O2S. The van der Waals surface area contributed by atoms with Crippen LogP contribution < -0.4 is 4.74 Å². The fourth-order valence-corrected chi connectivity index (χ4v) is 3.46. The molecule has 0 spiro atoms. The van der Waals surface area contributed by atoms with E-state index < -0.39 is 0 Å². The number of azo groups is 1. The van der Waals surface area contributed by atoms with Crippen LogP contribution in [0.1, 0.15) is 0 Å². The SMILES string of the molecule is COc1ccc2nc(-c3ccc(/N=N/c4ccc(O)cc4)cc3)sc2c1. The third-order valence-corrected chi connectivity index (χ3v) is 4.91. The fraction of sp³-hybridized carbons (Fsp3) is 0.0500. The minimum Gasteiger partial charge on any atom is -0.508 e. The number of phenolic OH excluding ortho intramolecular Hbond substituents is 1. The maximum atomic E-state index is 9.28. The van der Waals surface area contributed by atoms with Gasteiger partial charge in [-0.1, -0.05) is 0 Å². The zero-order chi connectivity index (χ0) is 17.9. The normalized spacial score (nSPS) is 11.3. The highest BCUT2D eigenvalue weighted by Gasteiger charge is 2.07. The Morgan fingerprint density at radius 2 is 1.54 bits per heavy atom. The summed E-state index contributed by atoms with van der Waals surface area (Å²) >= 11 is 1.63. The van der Waals surface area contributed by atoms with Crippen molar-refractivity contribution in [3.8, 4) is 22.1 Å². The summed E-state index contributed by atoms with van der Waals surface area (Å²) in [5.74, 6) is 1.04. The van der Waals surface area contributed by atoms with Crippen molar-refractivity contribution in [2.75, 3.05) is 7.11 Å². The lowest BCUT2D eigenvalue weighted by Crippen LogP contribution is -1.80. The van der Waals surface area contributed by atoms with Gasteiger partial charge in [0.05, 0.1) is 28.7 Å². The first-order valence-electron chi connectivity index (χ1n) is 7.97. The Labute approximate surface area is 154 Å². The largest absolute Gasteiger partial charge is 0.508 e. The molecule has 0 bridgehead atoms. The summed E-state index contributed by atoms with van der Waals surface area (Å²) < 4.78 is 6.36. The van der Waals surface area contributed by atoms with Crippen molar-refractivity contribution in [2.24, 2.45) is 10.2 Å². The molecule has 4 aromatic rings. The average molecular weight is 361 g/mol. The molecule has 0 saturated heterocycles. The molecule has 3 aromatic carbocycles. The number of phenols is 1. The Bertz CT molecular complexity index is 1070. The molecule has 0 aliphatic carbocycles. The Hall–Kier alpha value is -3.25. The second-order valence-electron chi connectivity index (χ2n) is 5.62. The predicted molar refractivity (Wildman–Crippen MR) is 104 cm³/mol. The van der Waals surface area contributed by atoms with Crippen molar-refractivity contribution in [2.45, 2.75) is 0 Å². The minimum atomic E-state index is 0.210. The molecule has 0 radical (unpaired) electrons. The molecular weight excluding hydrogens is 346 g/mol. The first-order valence-corrected chi connectivity index (χ1v) is 8.79. The molecule has 1 N–H and O–H groups in total. The molecule has 0 saturated carbocycles. The lowest BCUT2D eigenvalue weighted by Gasteiger charge is -1.97. The average Bonchev–Trinajstić information content (AvgIpc) is 3.11. The van der Waals surface area contributed by atoms with Gasteiger partial charge in [-0.25, -0.2) is 4.98 Å². The van der Waals surface area contributed by atoms with E-state index in [1.54, 1.807) is 42.7 Å². The molecule has 4 rings (SSSR count). The molecule has 1 heterocycles. The van der Waals surface area contributed by atoms with E-state index in [0.29, 0.717) is 5.69 Å². The van der Waals surface area contributed by atoms with Crippen LogP contribution in [0, 0.1) is 0 Å². The zero-order valence-corrected chi connectivity index (χ0v) is 14.8. The number of hydrogen-bond acceptors (Lipinski definition) is 6. The molecule has 0 atom stereocenters. The standard InChI is InChI=1S/C20H15N3O2S/c1-25-17-10-11-18-19(12-17)26-20(21-18)13-2-4-14(5-3-13)22-23-15-6-8-16(24)9-7-15/h2-12,24H,1H3/b23-22+. The van der Waals surface area contributed by atoms with E-state index in [4.69, 9.17) is 4.74 Å². The Balaban J connectivity index is 1.56. The number of aromatic hydroxyl groups is 1. The van der Waals surface area contributed by atoms with Crippen LogP contribution in [0.2, 0.25) is 0 Å². The van der Waals surface area contributed by atoms with Crippen LogP contribution in [0.25, 0.3) is 20.8 Å². The van der Waals surface area contributed by atoms with Crippen molar-refractivity contribution in [3.63, 3.8) is 0 Å². The minimum absolute atomic E-state index is 0.210. The molecule has 1 aromatic heterocycles. The second kappa shape index (κ2) is 6.93. The molecule has 0 aliphatic rings. The lowest BCUT2D eigenvalue weighted by molar-refractivity contribution is 0.415. The first kappa shape index (κ1) is 16.2. The van der Waals surface area contributed by atoms with Crippen molar-refractivity contribution < 1.29 is 9.84 Å². The van der Waals surface area contributed by atoms with Crippen molar-refractivity contribution in [1.82, 2.24) is 4.98 Å². The number of thiazole rings is 1. The van der Waals surface area contributed by atoms with Gasteiger partial charge >= 0.3 is 0 Å². The third kappa shape index (κ3) is 3.41. The van der Waals surface area contributed by atoms with Gasteiger partial charge in [-0.3, -0.25) is 0 Å². The first-order chi connectivity index (χ1) is 12.7. The van der Waals surface area contributed by atoms with Gasteiger partial charge in [-0.2, -0.15) is 10.2 Å². The van der Waals surface area contributed by atoms with Gasteiger partial charge in [0.1, 0.15) is 16.5 Å². The van der Waals surface area contributed by atoms with Crippen LogP contribution in [0.5, 0.6) is 11.5 Å². The summed E-state index contributed by atoms with van der Waals surface area (Å²) in [6.07, 6.45) is 0. The molecule has 0 unspecified atom stereocenters. The van der Waals surface area contributed by atoms with Gasteiger partial charge in [-0.05, 0) is 66.7 Å². The van der Waals surface area contributed by atoms with Crippen LogP contribution in [-0.4, -0.2) is 17.2 Å². The molecule has 26 heavy (non-hydrogen) atoms. The van der Waals surface area contributed by atoms with Crippen molar-refractivity contribution in [1.29, 1.82) is 0 Å². The fourth-order valence-electron chi connectivity index (χ4n) is 2.46. The maximum absolute atomic E-state index is 9.28. The highest BCUT2D eigenvalue weighted by atomic mass is 32.1. The quantitative estimate of drug-likeness (QED) is 0.447. The predicted octanol–water partition coefficient (Wildman–Crippen LogP) is 6.09. The smallest absolute Gasteiger partial charge is 0.124 e. The van der Waals surface area contributed by atoms with E-state index in [0.717, 1.165) is 32.2 Å². The third-order valence-electron chi connectivity index (χ3n) is 3.84. The number of methoxy groups -OCH3 is 1. The Kier molecular flexibility index (Phi) is 4.33. The van der Waals surface area contributed by atoms with Gasteiger partial charge in [0.15, 0.2) is 0 Å². The summed E-state index contributed by atoms with van der Waals surface area (Å²) in [6, 6.07) is 20.3. The summed E-state index contributed by atoms with van der Waals surface area (Å²) in [5, 5.41) is 18.6. The highest BCUT2D eigenvalue weighted by Crippen LogP contribution is 2.33. The van der Waals surface area contributed by atoms with Crippen LogP contribution in [0.4, 0.5) is 11.4 Å². The van der Waals surface area contributed by atoms with E-state index in [1.807, 2.05) is 42.5 Å². The lowest BCUT2D eigenvalue weighted by atomic mass is 10.2. The molecule has 6 heteroatoms. The number of nitrogens with zero attached hydrogens (tertiary/aromatic N) is 3. The van der Waals surface area contributed by atoms with Crippen molar-refractivity contribution >= 4 is 32.9 Å². The summed E-state index contributed by atoms with van der Waals surface area (Å²) in [5.41, 5.74) is 3.44. The number of ether oxygens (including phenoxy) is 1. The Morgan fingerprint density at radius 1 is 0.885 bits per heavy atom. The van der Waals surface area contributed by atoms with E-state index in [2.05, 4.69) is 15.2 Å². The molecule has 0 fully saturated rings. The van der Waals surface area contributed by atoms with Gasteiger partial charge in [0.25, 0.3) is 0 Å². The van der Waals surface area contributed by atoms with Crippen LogP contribution >= 0.6 is 11.3 Å². The van der Waals surface area contributed by atoms with Gasteiger partial charge in [0.2, 0.25) is 0 Å². The number of benzene rings is 3. The molecule has 5 nitrogen and oxygen atoms in total. The van der Waals surface area contributed by atoms with E-state index >= 15 is 0 Å².